The van der Waals surface area contributed by atoms with Crippen LogP contribution in [-0.4, -0.2) is 20.2 Å². The Morgan fingerprint density at radius 3 is 1.90 bits per heavy atom. The minimum Gasteiger partial charge on any atom is -0.252 e. The maximum atomic E-state index is 5.70. The molecule has 0 aromatic heterocycles. The van der Waals surface area contributed by atoms with Crippen LogP contribution in [0.2, 0.25) is 0 Å². The van der Waals surface area contributed by atoms with Crippen LogP contribution >= 0.6 is 36.1 Å². The number of thiocarbonyl (C=S) groups is 1. The molecule has 0 bridgehead atoms. The Hall–Kier alpha value is 0.590. The zero-order valence-corrected chi connectivity index (χ0v) is 16.8. The molecule has 0 fully saturated rings. The van der Waals surface area contributed by atoms with Crippen molar-refractivity contribution in [1.82, 2.24) is 3.71 Å². The van der Waals surface area contributed by atoms with E-state index in [1.807, 2.05) is 23.9 Å². The molecule has 0 aliphatic rings. The van der Waals surface area contributed by atoms with Gasteiger partial charge in [-0.2, -0.15) is 0 Å². The molecule has 0 amide bonds. The average Bonchev–Trinajstić information content (AvgIpc) is 2.49. The van der Waals surface area contributed by atoms with Crippen LogP contribution in [0.25, 0.3) is 0 Å². The minimum absolute atomic E-state index is 0.651. The van der Waals surface area contributed by atoms with E-state index in [4.69, 9.17) is 12.2 Å². The summed E-state index contributed by atoms with van der Waals surface area (Å²) in [5.74, 6) is 3.00. The van der Waals surface area contributed by atoms with E-state index in [2.05, 4.69) is 37.8 Å². The lowest BCUT2D eigenvalue weighted by Gasteiger charge is -2.25. The predicted octanol–water partition coefficient (Wildman–Crippen LogP) is 6.93. The van der Waals surface area contributed by atoms with Gasteiger partial charge in [-0.05, 0) is 49.1 Å². The van der Waals surface area contributed by atoms with E-state index in [-0.39, 0.29) is 0 Å². The van der Waals surface area contributed by atoms with Crippen molar-refractivity contribution < 1.29 is 0 Å². The van der Waals surface area contributed by atoms with Gasteiger partial charge in [0.15, 0.2) is 0 Å². The lowest BCUT2D eigenvalue weighted by atomic mass is 9.96. The Morgan fingerprint density at radius 1 is 0.952 bits per heavy atom. The summed E-state index contributed by atoms with van der Waals surface area (Å²) >= 11 is 9.51. The van der Waals surface area contributed by atoms with Crippen LogP contribution in [0.3, 0.4) is 0 Å². The SMILES string of the molecule is CCCCSN(SCCCC)C(=S)[CH]C(CC)CCCC. The Labute approximate surface area is 147 Å². The fourth-order valence-corrected chi connectivity index (χ4v) is 4.68. The monoisotopic (exact) mass is 348 g/mol. The Kier molecular flexibility index (Phi) is 15.9. The first-order chi connectivity index (χ1) is 10.2. The van der Waals surface area contributed by atoms with E-state index in [0.717, 1.165) is 4.99 Å². The van der Waals surface area contributed by atoms with Crippen molar-refractivity contribution >= 4 is 41.1 Å². The summed E-state index contributed by atoms with van der Waals surface area (Å²) in [5.41, 5.74) is 0. The number of hydrogen-bond donors (Lipinski definition) is 0. The molecule has 21 heavy (non-hydrogen) atoms. The van der Waals surface area contributed by atoms with Crippen LogP contribution in [0.4, 0.5) is 0 Å². The van der Waals surface area contributed by atoms with Gasteiger partial charge < -0.3 is 0 Å². The molecule has 0 saturated carbocycles. The summed E-state index contributed by atoms with van der Waals surface area (Å²) < 4.78 is 2.30. The molecule has 0 aromatic rings. The molecule has 125 valence electrons. The highest BCUT2D eigenvalue weighted by atomic mass is 32.2. The van der Waals surface area contributed by atoms with E-state index >= 15 is 0 Å². The second-order valence-corrected chi connectivity index (χ2v) is 8.16. The van der Waals surface area contributed by atoms with Gasteiger partial charge in [0.1, 0.15) is 4.99 Å². The van der Waals surface area contributed by atoms with Gasteiger partial charge in [-0.25, -0.2) is 0 Å². The Balaban J connectivity index is 4.30. The smallest absolute Gasteiger partial charge is 0.103 e. The van der Waals surface area contributed by atoms with Crippen molar-refractivity contribution in [3.05, 3.63) is 6.42 Å². The average molecular weight is 349 g/mol. The summed E-state index contributed by atoms with van der Waals surface area (Å²) in [6.07, 6.45) is 12.4. The first-order valence-electron chi connectivity index (χ1n) is 8.64. The van der Waals surface area contributed by atoms with Gasteiger partial charge in [-0.3, -0.25) is 3.71 Å². The maximum absolute atomic E-state index is 5.70. The molecular formula is C17H34NS3. The van der Waals surface area contributed by atoms with Crippen molar-refractivity contribution in [3.8, 4) is 0 Å². The fourth-order valence-electron chi connectivity index (χ4n) is 1.88. The Bertz CT molecular complexity index is 236. The van der Waals surface area contributed by atoms with E-state index in [1.165, 1.54) is 62.9 Å². The standard InChI is InChI=1S/C17H34NS3/c1-5-9-12-16(8-4)15-17(19)18(20-13-10-6-2)21-14-11-7-3/h15-16H,5-14H2,1-4H3. The molecule has 0 aliphatic carbocycles. The summed E-state index contributed by atoms with van der Waals surface area (Å²) in [6, 6.07) is 0. The molecule has 1 radical (unpaired) electrons. The van der Waals surface area contributed by atoms with Crippen LogP contribution in [-0.2, 0) is 0 Å². The van der Waals surface area contributed by atoms with Crippen LogP contribution in [0.5, 0.6) is 0 Å². The third kappa shape index (κ3) is 11.8. The highest BCUT2D eigenvalue weighted by Gasteiger charge is 2.16. The van der Waals surface area contributed by atoms with Gasteiger partial charge in [-0.1, -0.05) is 72.0 Å². The molecule has 0 aromatic carbocycles. The quantitative estimate of drug-likeness (QED) is 0.190. The van der Waals surface area contributed by atoms with Crippen molar-refractivity contribution in [3.63, 3.8) is 0 Å². The lowest BCUT2D eigenvalue weighted by molar-refractivity contribution is 0.522. The molecule has 1 nitrogen and oxygen atoms in total. The van der Waals surface area contributed by atoms with Crippen molar-refractivity contribution in [2.24, 2.45) is 5.92 Å². The van der Waals surface area contributed by atoms with Gasteiger partial charge in [0, 0.05) is 17.9 Å². The van der Waals surface area contributed by atoms with E-state index < -0.39 is 0 Å². The second kappa shape index (κ2) is 15.5. The molecule has 0 heterocycles. The summed E-state index contributed by atoms with van der Waals surface area (Å²) in [7, 11) is 0. The first-order valence-corrected chi connectivity index (χ1v) is 10.9. The van der Waals surface area contributed by atoms with Gasteiger partial charge in [0.25, 0.3) is 0 Å². The van der Waals surface area contributed by atoms with Crippen LogP contribution in [0, 0.1) is 12.3 Å². The molecule has 0 rings (SSSR count). The van der Waals surface area contributed by atoms with Crippen LogP contribution < -0.4 is 0 Å². The highest BCUT2D eigenvalue weighted by molar-refractivity contribution is 8.13. The number of unbranched alkanes of at least 4 members (excludes halogenated alkanes) is 3. The summed E-state index contributed by atoms with van der Waals surface area (Å²) in [6.45, 7) is 9.03. The number of nitrogens with zero attached hydrogens (tertiary/aromatic N) is 1. The molecule has 0 saturated heterocycles. The van der Waals surface area contributed by atoms with Crippen LogP contribution in [0.15, 0.2) is 0 Å². The predicted molar refractivity (Wildman–Crippen MR) is 107 cm³/mol. The zero-order valence-electron chi connectivity index (χ0n) is 14.4. The minimum atomic E-state index is 0.651. The first kappa shape index (κ1) is 21.6. The third-order valence-electron chi connectivity index (χ3n) is 3.42. The van der Waals surface area contributed by atoms with E-state index in [0.29, 0.717) is 5.92 Å². The molecule has 0 N–H and O–H groups in total. The van der Waals surface area contributed by atoms with Gasteiger partial charge >= 0.3 is 0 Å². The molecular weight excluding hydrogens is 314 g/mol. The van der Waals surface area contributed by atoms with Crippen LogP contribution in [0.1, 0.15) is 79.1 Å². The molecule has 0 aliphatic heterocycles. The molecule has 4 heteroatoms. The van der Waals surface area contributed by atoms with Crippen molar-refractivity contribution in [2.75, 3.05) is 11.5 Å². The lowest BCUT2D eigenvalue weighted by Crippen LogP contribution is -2.20. The van der Waals surface area contributed by atoms with E-state index in [9.17, 15) is 0 Å². The van der Waals surface area contributed by atoms with Gasteiger partial charge in [0.05, 0.1) is 0 Å². The fraction of sp³-hybridized carbons (Fsp3) is 0.882. The Morgan fingerprint density at radius 2 is 1.48 bits per heavy atom. The molecule has 0 spiro atoms. The molecule has 1 unspecified atom stereocenters. The van der Waals surface area contributed by atoms with E-state index in [1.54, 1.807) is 0 Å². The largest absolute Gasteiger partial charge is 0.252 e. The highest BCUT2D eigenvalue weighted by Crippen LogP contribution is 2.28. The molecule has 1 atom stereocenters. The second-order valence-electron chi connectivity index (χ2n) is 5.45. The third-order valence-corrected chi connectivity index (χ3v) is 6.41. The number of hydrogen-bond acceptors (Lipinski definition) is 3. The van der Waals surface area contributed by atoms with Crippen molar-refractivity contribution in [1.29, 1.82) is 0 Å². The number of rotatable bonds is 14. The normalized spacial score (nSPS) is 12.4. The maximum Gasteiger partial charge on any atom is 0.103 e. The van der Waals surface area contributed by atoms with Gasteiger partial charge in [0.2, 0.25) is 0 Å². The topological polar surface area (TPSA) is 3.24 Å². The zero-order chi connectivity index (χ0) is 15.9. The summed E-state index contributed by atoms with van der Waals surface area (Å²) in [5, 5.41) is 0. The van der Waals surface area contributed by atoms with Crippen molar-refractivity contribution in [2.45, 2.75) is 79.1 Å². The van der Waals surface area contributed by atoms with Gasteiger partial charge in [-0.15, -0.1) is 0 Å². The summed E-state index contributed by atoms with van der Waals surface area (Å²) in [4.78, 5) is 1.04.